The van der Waals surface area contributed by atoms with Crippen molar-refractivity contribution in [2.75, 3.05) is 22.9 Å². The summed E-state index contributed by atoms with van der Waals surface area (Å²) in [6.07, 6.45) is 2.36. The molecular formula is C23H29BN4O4. The van der Waals surface area contributed by atoms with Crippen molar-refractivity contribution >= 4 is 36.0 Å². The summed E-state index contributed by atoms with van der Waals surface area (Å²) in [5, 5.41) is 0. The van der Waals surface area contributed by atoms with Crippen LogP contribution in [0.5, 0.6) is 0 Å². The maximum atomic E-state index is 13.3. The van der Waals surface area contributed by atoms with Gasteiger partial charge >= 0.3 is 13.1 Å². The molecule has 2 aliphatic rings. The Balaban J connectivity index is 1.65. The van der Waals surface area contributed by atoms with Gasteiger partial charge in [-0.2, -0.15) is 0 Å². The van der Waals surface area contributed by atoms with Crippen LogP contribution in [0.15, 0.2) is 36.5 Å². The summed E-state index contributed by atoms with van der Waals surface area (Å²) in [6.45, 7) is 11.1. The van der Waals surface area contributed by atoms with Crippen molar-refractivity contribution < 1.29 is 18.9 Å². The monoisotopic (exact) mass is 436 g/mol. The quantitative estimate of drug-likeness (QED) is 0.727. The van der Waals surface area contributed by atoms with Crippen molar-refractivity contribution in [2.45, 2.75) is 52.2 Å². The minimum Gasteiger partial charge on any atom is -0.399 e. The van der Waals surface area contributed by atoms with Crippen LogP contribution >= 0.6 is 0 Å². The summed E-state index contributed by atoms with van der Waals surface area (Å²) in [6, 6.07) is 8.50. The lowest BCUT2D eigenvalue weighted by Gasteiger charge is -2.32. The predicted molar refractivity (Wildman–Crippen MR) is 124 cm³/mol. The number of benzene rings is 1. The number of rotatable bonds is 5. The SMILES string of the molecule is CCc1c(B2OC(C)(C)C(C)(C)O2)ccnc1N1CCN(c2cccc(C(N)=O)c2)C1=O. The highest BCUT2D eigenvalue weighted by molar-refractivity contribution is 6.62. The molecule has 0 aliphatic carbocycles. The number of primary amides is 1. The third-order valence-corrected chi connectivity index (χ3v) is 6.64. The van der Waals surface area contributed by atoms with E-state index in [1.165, 1.54) is 0 Å². The van der Waals surface area contributed by atoms with Gasteiger partial charge in [-0.05, 0) is 69.4 Å². The maximum absolute atomic E-state index is 13.3. The predicted octanol–water partition coefficient (Wildman–Crippen LogP) is 2.49. The molecule has 2 N–H and O–H groups in total. The first-order valence-electron chi connectivity index (χ1n) is 10.9. The summed E-state index contributed by atoms with van der Waals surface area (Å²) in [5.41, 5.74) is 7.29. The number of aromatic nitrogens is 1. The first kappa shape index (κ1) is 22.3. The van der Waals surface area contributed by atoms with Gasteiger partial charge in [0, 0.05) is 30.5 Å². The molecule has 0 atom stereocenters. The van der Waals surface area contributed by atoms with E-state index >= 15 is 0 Å². The Bertz CT molecular complexity index is 1060. The third kappa shape index (κ3) is 3.65. The molecule has 2 fully saturated rings. The van der Waals surface area contributed by atoms with Crippen LogP contribution in [0.1, 0.15) is 50.5 Å². The summed E-state index contributed by atoms with van der Waals surface area (Å²) >= 11 is 0. The van der Waals surface area contributed by atoms with Gasteiger partial charge in [-0.15, -0.1) is 0 Å². The molecule has 0 radical (unpaired) electrons. The number of urea groups is 1. The highest BCUT2D eigenvalue weighted by Crippen LogP contribution is 2.37. The second-order valence-electron chi connectivity index (χ2n) is 9.14. The van der Waals surface area contributed by atoms with Crippen LogP contribution in [-0.2, 0) is 15.7 Å². The number of carbonyl (C=O) groups is 2. The smallest absolute Gasteiger partial charge is 0.399 e. The molecule has 0 bridgehead atoms. The molecule has 0 unspecified atom stereocenters. The molecule has 0 saturated carbocycles. The molecule has 1 aromatic carbocycles. The van der Waals surface area contributed by atoms with Crippen LogP contribution in [0.2, 0.25) is 0 Å². The number of carbonyl (C=O) groups excluding carboxylic acids is 2. The number of nitrogens with two attached hydrogens (primary N) is 1. The van der Waals surface area contributed by atoms with Crippen LogP contribution in [0, 0.1) is 0 Å². The first-order chi connectivity index (χ1) is 15.1. The first-order valence-corrected chi connectivity index (χ1v) is 10.9. The van der Waals surface area contributed by atoms with Gasteiger partial charge in [0.15, 0.2) is 0 Å². The summed E-state index contributed by atoms with van der Waals surface area (Å²) in [7, 11) is -0.530. The molecule has 168 valence electrons. The standard InChI is InChI=1S/C23H29BN4O4/c1-6-17-18(24-31-22(2,3)23(4,5)32-24)10-11-26-20(17)28-13-12-27(21(28)30)16-9-7-8-15(14-16)19(25)29/h7-11,14H,6,12-13H2,1-5H3,(H2,25,29). The molecular weight excluding hydrogens is 407 g/mol. The number of anilines is 2. The topological polar surface area (TPSA) is 98.0 Å². The Morgan fingerprint density at radius 3 is 2.41 bits per heavy atom. The molecule has 4 rings (SSSR count). The lowest BCUT2D eigenvalue weighted by atomic mass is 9.75. The Labute approximate surface area is 188 Å². The fourth-order valence-electron chi connectivity index (χ4n) is 4.08. The minimum atomic E-state index is -0.530. The molecule has 2 aromatic rings. The average Bonchev–Trinajstić information content (AvgIpc) is 3.23. The normalized spacial score (nSPS) is 19.7. The van der Waals surface area contributed by atoms with E-state index in [0.717, 1.165) is 11.0 Å². The molecule has 2 aliphatic heterocycles. The molecule has 9 heteroatoms. The van der Waals surface area contributed by atoms with Crippen LogP contribution in [0.4, 0.5) is 16.3 Å². The highest BCUT2D eigenvalue weighted by Gasteiger charge is 2.52. The Morgan fingerprint density at radius 2 is 1.78 bits per heavy atom. The van der Waals surface area contributed by atoms with E-state index in [9.17, 15) is 9.59 Å². The highest BCUT2D eigenvalue weighted by atomic mass is 16.7. The largest absolute Gasteiger partial charge is 0.495 e. The summed E-state index contributed by atoms with van der Waals surface area (Å²) in [4.78, 5) is 32.7. The van der Waals surface area contributed by atoms with Gasteiger partial charge in [0.2, 0.25) is 5.91 Å². The summed E-state index contributed by atoms with van der Waals surface area (Å²) in [5.74, 6) is 0.0821. The van der Waals surface area contributed by atoms with E-state index in [1.807, 2.05) is 40.7 Å². The third-order valence-electron chi connectivity index (χ3n) is 6.64. The van der Waals surface area contributed by atoms with E-state index in [2.05, 4.69) is 4.98 Å². The molecule has 1 aromatic heterocycles. The maximum Gasteiger partial charge on any atom is 0.495 e. The van der Waals surface area contributed by atoms with Crippen LogP contribution < -0.4 is 21.0 Å². The Morgan fingerprint density at radius 1 is 1.12 bits per heavy atom. The Kier molecular flexibility index (Phi) is 5.50. The van der Waals surface area contributed by atoms with E-state index in [4.69, 9.17) is 15.0 Å². The van der Waals surface area contributed by atoms with Gasteiger partial charge in [0.25, 0.3) is 0 Å². The van der Waals surface area contributed by atoms with Gasteiger partial charge in [-0.1, -0.05) is 13.0 Å². The van der Waals surface area contributed by atoms with Crippen LogP contribution in [0.3, 0.4) is 0 Å². The van der Waals surface area contributed by atoms with Gasteiger partial charge in [-0.3, -0.25) is 14.6 Å². The molecule has 0 spiro atoms. The Hall–Kier alpha value is -2.91. The zero-order valence-electron chi connectivity index (χ0n) is 19.2. The minimum absolute atomic E-state index is 0.195. The van der Waals surface area contributed by atoms with Crippen molar-refractivity contribution in [3.05, 3.63) is 47.7 Å². The zero-order chi connectivity index (χ0) is 23.3. The van der Waals surface area contributed by atoms with E-state index in [1.54, 1.807) is 40.3 Å². The fourth-order valence-corrected chi connectivity index (χ4v) is 4.08. The molecule has 3 amide bonds. The van der Waals surface area contributed by atoms with Crippen LogP contribution in [0.25, 0.3) is 0 Å². The van der Waals surface area contributed by atoms with Crippen molar-refractivity contribution in [1.29, 1.82) is 0 Å². The van der Waals surface area contributed by atoms with Gasteiger partial charge in [-0.25, -0.2) is 9.78 Å². The van der Waals surface area contributed by atoms with E-state index < -0.39 is 24.2 Å². The number of pyridine rings is 1. The zero-order valence-corrected chi connectivity index (χ0v) is 19.2. The number of amides is 3. The molecule has 8 nitrogen and oxygen atoms in total. The van der Waals surface area contributed by atoms with Crippen LogP contribution in [-0.4, -0.2) is 48.3 Å². The van der Waals surface area contributed by atoms with Crippen molar-refractivity contribution in [2.24, 2.45) is 5.73 Å². The van der Waals surface area contributed by atoms with Gasteiger partial charge in [0.1, 0.15) is 5.82 Å². The van der Waals surface area contributed by atoms with Crippen molar-refractivity contribution in [1.82, 2.24) is 4.98 Å². The lowest BCUT2D eigenvalue weighted by molar-refractivity contribution is 0.00578. The second-order valence-corrected chi connectivity index (χ2v) is 9.14. The number of nitrogens with zero attached hydrogens (tertiary/aromatic N) is 3. The van der Waals surface area contributed by atoms with E-state index in [-0.39, 0.29) is 6.03 Å². The fraction of sp³-hybridized carbons (Fsp3) is 0.435. The van der Waals surface area contributed by atoms with Gasteiger partial charge < -0.3 is 15.0 Å². The molecule has 2 saturated heterocycles. The van der Waals surface area contributed by atoms with Crippen molar-refractivity contribution in [3.63, 3.8) is 0 Å². The second kappa shape index (κ2) is 7.90. The van der Waals surface area contributed by atoms with E-state index in [0.29, 0.717) is 36.6 Å². The average molecular weight is 436 g/mol. The van der Waals surface area contributed by atoms with Gasteiger partial charge in [0.05, 0.1) is 11.2 Å². The number of hydrogen-bond acceptors (Lipinski definition) is 5. The van der Waals surface area contributed by atoms with Crippen molar-refractivity contribution in [3.8, 4) is 0 Å². The lowest BCUT2D eigenvalue weighted by Crippen LogP contribution is -2.41. The molecule has 32 heavy (non-hydrogen) atoms. The molecule has 3 heterocycles. The summed E-state index contributed by atoms with van der Waals surface area (Å²) < 4.78 is 12.5. The number of hydrogen-bond donors (Lipinski definition) is 1.